The standard InChI is InChI=1S/C17H14Br2N2O5S/c18-11(19)7-10-8-27(26)16-13(15(23)21(16)14(10)17(24)25)20-12(22)6-9-4-2-1-3-5-9/h1-5,7,13,16H,6,8H2,(H,20,22)(H,24,25)/t13?,16-,27?/m1/s1. The molecule has 0 spiro atoms. The third-order valence-corrected chi connectivity index (χ3v) is 6.24. The minimum atomic E-state index is -1.54. The number of carboxylic acid groups (broad SMARTS) is 1. The highest BCUT2D eigenvalue weighted by Crippen LogP contribution is 2.36. The van der Waals surface area contributed by atoms with Crippen LogP contribution in [0.1, 0.15) is 5.56 Å². The van der Waals surface area contributed by atoms with Gasteiger partial charge in [0.1, 0.15) is 17.1 Å². The van der Waals surface area contributed by atoms with Crippen LogP contribution in [0.4, 0.5) is 0 Å². The van der Waals surface area contributed by atoms with E-state index in [0.717, 1.165) is 10.5 Å². The molecule has 2 heterocycles. The van der Waals surface area contributed by atoms with Crippen LogP contribution in [0.2, 0.25) is 0 Å². The summed E-state index contributed by atoms with van der Waals surface area (Å²) < 4.78 is 13.1. The number of hydrogen-bond acceptors (Lipinski definition) is 4. The first kappa shape index (κ1) is 20.0. The van der Waals surface area contributed by atoms with Crippen molar-refractivity contribution in [1.82, 2.24) is 10.2 Å². The van der Waals surface area contributed by atoms with E-state index in [9.17, 15) is 23.7 Å². The third kappa shape index (κ3) is 4.07. The Morgan fingerprint density at radius 2 is 1.96 bits per heavy atom. The maximum atomic E-state index is 12.6. The number of amides is 2. The molecule has 1 fully saturated rings. The second-order valence-corrected chi connectivity index (χ2v) is 10.3. The van der Waals surface area contributed by atoms with E-state index in [2.05, 4.69) is 37.2 Å². The molecule has 7 nitrogen and oxygen atoms in total. The zero-order valence-corrected chi connectivity index (χ0v) is 17.7. The molecule has 10 heteroatoms. The Hall–Kier alpha value is -1.78. The molecule has 2 aliphatic heterocycles. The van der Waals surface area contributed by atoms with Crippen molar-refractivity contribution in [3.63, 3.8) is 0 Å². The first-order valence-corrected chi connectivity index (χ1v) is 10.8. The molecule has 0 bridgehead atoms. The molecule has 0 radical (unpaired) electrons. The number of carbonyl (C=O) groups is 3. The summed E-state index contributed by atoms with van der Waals surface area (Å²) in [6.45, 7) is 0. The fourth-order valence-corrected chi connectivity index (χ4v) is 5.24. The van der Waals surface area contributed by atoms with Crippen LogP contribution in [0.25, 0.3) is 0 Å². The summed E-state index contributed by atoms with van der Waals surface area (Å²) in [5.74, 6) is -2.28. The number of β-lactam (4-membered cyclic amide) rings is 1. The van der Waals surface area contributed by atoms with E-state index in [1.165, 1.54) is 6.08 Å². The summed E-state index contributed by atoms with van der Waals surface area (Å²) in [5.41, 5.74) is 0.835. The van der Waals surface area contributed by atoms with E-state index in [-0.39, 0.29) is 29.4 Å². The van der Waals surface area contributed by atoms with Crippen LogP contribution in [-0.4, -0.2) is 49.2 Å². The molecule has 2 N–H and O–H groups in total. The highest BCUT2D eigenvalue weighted by Gasteiger charge is 2.56. The van der Waals surface area contributed by atoms with Gasteiger partial charge >= 0.3 is 5.97 Å². The number of nitrogens with one attached hydrogen (secondary N) is 1. The van der Waals surface area contributed by atoms with Crippen molar-refractivity contribution >= 4 is 60.4 Å². The van der Waals surface area contributed by atoms with Crippen molar-refractivity contribution in [3.05, 3.63) is 56.6 Å². The molecule has 2 unspecified atom stereocenters. The van der Waals surface area contributed by atoms with Gasteiger partial charge in [-0.2, -0.15) is 0 Å². The second-order valence-electron chi connectivity index (χ2n) is 5.94. The maximum Gasteiger partial charge on any atom is 0.352 e. The van der Waals surface area contributed by atoms with Gasteiger partial charge in [-0.05, 0) is 49.1 Å². The van der Waals surface area contributed by atoms with Crippen LogP contribution >= 0.6 is 31.9 Å². The van der Waals surface area contributed by atoms with E-state index < -0.39 is 34.1 Å². The average molecular weight is 518 g/mol. The average Bonchev–Trinajstić information content (AvgIpc) is 2.59. The zero-order chi connectivity index (χ0) is 19.7. The highest BCUT2D eigenvalue weighted by atomic mass is 79.9. The molecule has 0 saturated carbocycles. The van der Waals surface area contributed by atoms with Gasteiger partial charge in [0.25, 0.3) is 5.91 Å². The van der Waals surface area contributed by atoms with E-state index in [0.29, 0.717) is 3.39 Å². The van der Waals surface area contributed by atoms with Crippen molar-refractivity contribution in [3.8, 4) is 0 Å². The van der Waals surface area contributed by atoms with Crippen LogP contribution in [0.3, 0.4) is 0 Å². The summed E-state index contributed by atoms with van der Waals surface area (Å²) in [6, 6.07) is 8.02. The quantitative estimate of drug-likeness (QED) is 0.577. The number of halogens is 2. The lowest BCUT2D eigenvalue weighted by Gasteiger charge is -2.48. The lowest BCUT2D eigenvalue weighted by molar-refractivity contribution is -0.150. The fourth-order valence-electron chi connectivity index (χ4n) is 3.05. The molecule has 142 valence electrons. The molecule has 27 heavy (non-hydrogen) atoms. The van der Waals surface area contributed by atoms with Gasteiger partial charge in [0.2, 0.25) is 5.91 Å². The molecule has 0 aliphatic carbocycles. The largest absolute Gasteiger partial charge is 0.477 e. The van der Waals surface area contributed by atoms with E-state index in [4.69, 9.17) is 0 Å². The molecule has 1 aromatic carbocycles. The minimum Gasteiger partial charge on any atom is -0.477 e. The smallest absolute Gasteiger partial charge is 0.352 e. The fraction of sp³-hybridized carbons (Fsp3) is 0.235. The number of benzene rings is 1. The van der Waals surface area contributed by atoms with E-state index in [1.54, 1.807) is 24.3 Å². The van der Waals surface area contributed by atoms with Crippen molar-refractivity contribution in [2.24, 2.45) is 0 Å². The number of nitrogens with zero attached hydrogens (tertiary/aromatic N) is 1. The summed E-state index contributed by atoms with van der Waals surface area (Å²) in [6.07, 6.45) is 1.54. The first-order chi connectivity index (χ1) is 12.8. The number of rotatable bonds is 5. The van der Waals surface area contributed by atoms with E-state index >= 15 is 0 Å². The van der Waals surface area contributed by atoms with Crippen LogP contribution in [0.15, 0.2) is 51.1 Å². The molecular formula is C17H14Br2N2O5S. The monoisotopic (exact) mass is 516 g/mol. The van der Waals surface area contributed by atoms with Crippen molar-refractivity contribution in [2.45, 2.75) is 17.8 Å². The van der Waals surface area contributed by atoms with Gasteiger partial charge in [0.05, 0.1) is 26.4 Å². The van der Waals surface area contributed by atoms with Gasteiger partial charge in [0.15, 0.2) is 0 Å². The Balaban J connectivity index is 1.80. The summed E-state index contributed by atoms with van der Waals surface area (Å²) in [5, 5.41) is 11.2. The minimum absolute atomic E-state index is 0.0260. The van der Waals surface area contributed by atoms with Gasteiger partial charge < -0.3 is 10.4 Å². The second kappa shape index (κ2) is 8.07. The summed E-state index contributed by atoms with van der Waals surface area (Å²) in [4.78, 5) is 37.4. The number of carbonyl (C=O) groups excluding carboxylic acids is 2. The molecule has 2 amide bonds. The maximum absolute atomic E-state index is 12.6. The highest BCUT2D eigenvalue weighted by molar-refractivity contribution is 9.28. The molecular weight excluding hydrogens is 504 g/mol. The Bertz CT molecular complexity index is 896. The Labute approximate surface area is 174 Å². The first-order valence-electron chi connectivity index (χ1n) is 7.82. The SMILES string of the molecule is O=C(Cc1ccccc1)NC1C(=O)N2C(C(=O)O)=C(C=C(Br)Br)CS(=O)[C@H]12. The van der Waals surface area contributed by atoms with Gasteiger partial charge in [-0.1, -0.05) is 30.3 Å². The summed E-state index contributed by atoms with van der Waals surface area (Å²) >= 11 is 6.28. The van der Waals surface area contributed by atoms with Crippen LogP contribution in [-0.2, 0) is 31.6 Å². The van der Waals surface area contributed by atoms with Crippen molar-refractivity contribution in [1.29, 1.82) is 0 Å². The molecule has 2 aliphatic rings. The van der Waals surface area contributed by atoms with Gasteiger partial charge in [0, 0.05) is 0 Å². The van der Waals surface area contributed by atoms with Crippen LogP contribution < -0.4 is 5.32 Å². The molecule has 1 saturated heterocycles. The van der Waals surface area contributed by atoms with Crippen LogP contribution in [0, 0.1) is 0 Å². The summed E-state index contributed by atoms with van der Waals surface area (Å²) in [7, 11) is -1.54. The topological polar surface area (TPSA) is 104 Å². The number of aliphatic carboxylic acids is 1. The number of hydrogen-bond donors (Lipinski definition) is 2. The normalized spacial score (nSPS) is 24.0. The molecule has 1 aromatic rings. The molecule has 3 atom stereocenters. The van der Waals surface area contributed by atoms with Crippen molar-refractivity contribution < 1.29 is 23.7 Å². The number of carboxylic acids is 1. The van der Waals surface area contributed by atoms with Gasteiger partial charge in [-0.3, -0.25) is 18.7 Å². The van der Waals surface area contributed by atoms with Gasteiger partial charge in [-0.25, -0.2) is 4.79 Å². The molecule has 0 aromatic heterocycles. The Morgan fingerprint density at radius 1 is 1.30 bits per heavy atom. The van der Waals surface area contributed by atoms with Crippen molar-refractivity contribution in [2.75, 3.05) is 5.75 Å². The molecule has 3 rings (SSSR count). The number of fused-ring (bicyclic) bond motifs is 1. The van der Waals surface area contributed by atoms with Gasteiger partial charge in [-0.15, -0.1) is 0 Å². The Kier molecular flexibility index (Phi) is 5.97. The lowest BCUT2D eigenvalue weighted by atomic mass is 10.0. The van der Waals surface area contributed by atoms with E-state index in [1.807, 2.05) is 6.07 Å². The lowest BCUT2D eigenvalue weighted by Crippen LogP contribution is -2.73. The predicted molar refractivity (Wildman–Crippen MR) is 106 cm³/mol. The predicted octanol–water partition coefficient (Wildman–Crippen LogP) is 1.61. The third-order valence-electron chi connectivity index (χ3n) is 4.17. The van der Waals surface area contributed by atoms with Crippen LogP contribution in [0.5, 0.6) is 0 Å². The Morgan fingerprint density at radius 3 is 2.56 bits per heavy atom. The zero-order valence-electron chi connectivity index (χ0n) is 13.7. The number of allylic oxidation sites excluding steroid dienone is 1.